The number of hydrogen-bond acceptors (Lipinski definition) is 6. The highest BCUT2D eigenvalue weighted by molar-refractivity contribution is 7.31. The summed E-state index contributed by atoms with van der Waals surface area (Å²) in [4.78, 5) is 23.4. The zero-order valence-electron chi connectivity index (χ0n) is 11.3. The first-order valence-corrected chi connectivity index (χ1v) is 7.22. The number of benzene rings is 2. The maximum Gasteiger partial charge on any atom is 0.539 e. The Morgan fingerprint density at radius 1 is 1.23 bits per heavy atom. The first kappa shape index (κ1) is 14.2. The van der Waals surface area contributed by atoms with Crippen LogP contribution < -0.4 is 18.6 Å². The topological polar surface area (TPSA) is 107 Å². The molecule has 0 radical (unpaired) electrons. The summed E-state index contributed by atoms with van der Waals surface area (Å²) in [5.41, 5.74) is 0.244. The summed E-state index contributed by atoms with van der Waals surface area (Å²) in [7, 11) is -1.78. The highest BCUT2D eigenvalue weighted by Crippen LogP contribution is 2.31. The molecule has 0 saturated heterocycles. The van der Waals surface area contributed by atoms with Crippen LogP contribution in [0, 0.1) is 4.91 Å². The van der Waals surface area contributed by atoms with Crippen molar-refractivity contribution in [2.75, 3.05) is 7.11 Å². The van der Waals surface area contributed by atoms with Gasteiger partial charge in [-0.25, -0.2) is 4.52 Å². The Morgan fingerprint density at radius 3 is 2.59 bits per heavy atom. The standard InChI is InChI=1S/C13H10N2O6P/c1-20-10-6-2-4-8-12(10)14(16)9-5-3-7-11(21-22(18)19)13(9)15(8)17/h2-7,16H,1H3/q+1. The van der Waals surface area contributed by atoms with Gasteiger partial charge in [-0.3, -0.25) is 0 Å². The molecule has 1 atom stereocenters. The molecular weight excluding hydrogens is 311 g/mol. The van der Waals surface area contributed by atoms with Crippen molar-refractivity contribution in [3.63, 3.8) is 0 Å². The van der Waals surface area contributed by atoms with Gasteiger partial charge in [0.05, 0.1) is 11.5 Å². The van der Waals surface area contributed by atoms with E-state index in [0.29, 0.717) is 10.2 Å². The molecule has 0 aliphatic carbocycles. The van der Waals surface area contributed by atoms with Crippen LogP contribution in [0.2, 0.25) is 0 Å². The first-order chi connectivity index (χ1) is 10.5. The van der Waals surface area contributed by atoms with Crippen molar-refractivity contribution in [1.29, 1.82) is 0 Å². The lowest BCUT2D eigenvalue weighted by Crippen LogP contribution is -2.21. The van der Waals surface area contributed by atoms with Gasteiger partial charge in [-0.05, 0) is 22.8 Å². The number of fused-ring (bicyclic) bond motifs is 2. The summed E-state index contributed by atoms with van der Waals surface area (Å²) in [6.07, 6.45) is 0. The molecule has 1 N–H and O–H groups in total. The fourth-order valence-electron chi connectivity index (χ4n) is 2.33. The Bertz CT molecular complexity index is 968. The highest BCUT2D eigenvalue weighted by atomic mass is 31.1. The van der Waals surface area contributed by atoms with E-state index >= 15 is 0 Å². The average molecular weight is 321 g/mol. The fraction of sp³-hybridized carbons (Fsp3) is 0.0769. The summed E-state index contributed by atoms with van der Waals surface area (Å²) in [6, 6.07) is 8.90. The van der Waals surface area contributed by atoms with Crippen LogP contribution in [0.4, 0.5) is 0 Å². The Morgan fingerprint density at radius 2 is 1.91 bits per heavy atom. The SMILES string of the molecule is COc1cccc2c1n(O)c1cccc(O[P+](=O)[O-])c1[n+]2=O. The predicted molar refractivity (Wildman–Crippen MR) is 74.8 cm³/mol. The first-order valence-electron chi connectivity index (χ1n) is 6.13. The molecule has 2 aromatic carbocycles. The van der Waals surface area contributed by atoms with Crippen molar-refractivity contribution in [2.24, 2.45) is 0 Å². The Balaban J connectivity index is 2.54. The van der Waals surface area contributed by atoms with Crippen molar-refractivity contribution < 1.29 is 28.4 Å². The van der Waals surface area contributed by atoms with E-state index in [-0.39, 0.29) is 27.8 Å². The quantitative estimate of drug-likeness (QED) is 0.338. The molecule has 22 heavy (non-hydrogen) atoms. The fourth-order valence-corrected chi connectivity index (χ4v) is 2.64. The van der Waals surface area contributed by atoms with Crippen LogP contribution >= 0.6 is 8.25 Å². The Kier molecular flexibility index (Phi) is 3.40. The monoisotopic (exact) mass is 321 g/mol. The molecule has 0 spiro atoms. The Labute approximate surface area is 124 Å². The van der Waals surface area contributed by atoms with Crippen LogP contribution in [0.1, 0.15) is 0 Å². The van der Waals surface area contributed by atoms with Crippen molar-refractivity contribution in [3.05, 3.63) is 41.3 Å². The minimum absolute atomic E-state index is 0.0846. The Hall–Kier alpha value is -2.70. The third-order valence-corrected chi connectivity index (χ3v) is 3.56. The van der Waals surface area contributed by atoms with Crippen LogP contribution in [-0.4, -0.2) is 17.0 Å². The second-order valence-corrected chi connectivity index (χ2v) is 5.00. The second kappa shape index (κ2) is 5.25. The van der Waals surface area contributed by atoms with E-state index in [1.54, 1.807) is 12.1 Å². The molecule has 0 aliphatic heterocycles. The van der Waals surface area contributed by atoms with E-state index in [1.165, 1.54) is 31.4 Å². The van der Waals surface area contributed by atoms with E-state index in [1.807, 2.05) is 0 Å². The molecule has 0 fully saturated rings. The van der Waals surface area contributed by atoms with E-state index in [2.05, 4.69) is 4.52 Å². The zero-order chi connectivity index (χ0) is 15.9. The third-order valence-electron chi connectivity index (χ3n) is 3.21. The smallest absolute Gasteiger partial charge is 0.539 e. The number of aromatic nitrogens is 2. The van der Waals surface area contributed by atoms with Gasteiger partial charge in [-0.2, -0.15) is 4.73 Å². The summed E-state index contributed by atoms with van der Waals surface area (Å²) < 4.78 is 21.8. The largest absolute Gasteiger partial charge is 0.558 e. The maximum atomic E-state index is 12.6. The number of nitrogens with zero attached hydrogens (tertiary/aromatic N) is 2. The van der Waals surface area contributed by atoms with Gasteiger partial charge in [0, 0.05) is 11.0 Å². The average Bonchev–Trinajstić information content (AvgIpc) is 2.51. The molecule has 9 heteroatoms. The molecule has 0 aliphatic rings. The highest BCUT2D eigenvalue weighted by Gasteiger charge is 2.27. The molecule has 0 saturated carbocycles. The maximum absolute atomic E-state index is 12.6. The number of hydrogen-bond donors (Lipinski definition) is 1. The molecule has 112 valence electrons. The summed E-state index contributed by atoms with van der Waals surface area (Å²) in [5, 5.41) is 10.4. The van der Waals surface area contributed by atoms with E-state index < -0.39 is 8.25 Å². The molecule has 0 bridgehead atoms. The van der Waals surface area contributed by atoms with Crippen LogP contribution in [0.25, 0.3) is 22.1 Å². The lowest BCUT2D eigenvalue weighted by Gasteiger charge is -2.07. The van der Waals surface area contributed by atoms with Crippen molar-refractivity contribution in [2.45, 2.75) is 0 Å². The summed E-state index contributed by atoms with van der Waals surface area (Å²) in [6.45, 7) is 0. The van der Waals surface area contributed by atoms with Gasteiger partial charge in [-0.1, -0.05) is 12.1 Å². The molecule has 1 heterocycles. The van der Waals surface area contributed by atoms with Gasteiger partial charge in [0.1, 0.15) is 0 Å². The number of para-hydroxylation sites is 2. The lowest BCUT2D eigenvalue weighted by molar-refractivity contribution is -0.433. The summed E-state index contributed by atoms with van der Waals surface area (Å²) in [5.74, 6) is 0.129. The minimum atomic E-state index is -3.19. The summed E-state index contributed by atoms with van der Waals surface area (Å²) >= 11 is 0. The van der Waals surface area contributed by atoms with Gasteiger partial charge in [0.2, 0.25) is 0 Å². The van der Waals surface area contributed by atoms with E-state index in [4.69, 9.17) is 4.74 Å². The van der Waals surface area contributed by atoms with Gasteiger partial charge < -0.3 is 14.8 Å². The molecule has 1 unspecified atom stereocenters. The normalized spacial score (nSPS) is 11.6. The molecule has 3 rings (SSSR count). The number of rotatable bonds is 3. The van der Waals surface area contributed by atoms with Crippen molar-refractivity contribution >= 4 is 30.3 Å². The van der Waals surface area contributed by atoms with Crippen molar-refractivity contribution in [1.82, 2.24) is 4.73 Å². The van der Waals surface area contributed by atoms with E-state index in [0.717, 1.165) is 4.73 Å². The van der Waals surface area contributed by atoms with Gasteiger partial charge >= 0.3 is 13.8 Å². The third kappa shape index (κ3) is 2.05. The van der Waals surface area contributed by atoms with Crippen LogP contribution in [-0.2, 0) is 4.57 Å². The predicted octanol–water partition coefficient (Wildman–Crippen LogP) is 1.35. The van der Waals surface area contributed by atoms with Crippen LogP contribution in [0.5, 0.6) is 11.5 Å². The van der Waals surface area contributed by atoms with Crippen LogP contribution in [0.15, 0.2) is 36.4 Å². The second-order valence-electron chi connectivity index (χ2n) is 4.37. The number of methoxy groups -OCH3 is 1. The van der Waals surface area contributed by atoms with Crippen LogP contribution in [0.3, 0.4) is 0 Å². The molecule has 3 aromatic rings. The van der Waals surface area contributed by atoms with Gasteiger partial charge in [0.15, 0.2) is 16.8 Å². The van der Waals surface area contributed by atoms with E-state index in [9.17, 15) is 19.6 Å². The van der Waals surface area contributed by atoms with Gasteiger partial charge in [-0.15, -0.1) is 0 Å². The molecule has 0 amide bonds. The lowest BCUT2D eigenvalue weighted by atomic mass is 10.2. The minimum Gasteiger partial charge on any atom is -0.558 e. The molecule has 1 aromatic heterocycles. The zero-order valence-corrected chi connectivity index (χ0v) is 12.2. The molecular formula is C13H10N2O6P+. The van der Waals surface area contributed by atoms with Gasteiger partial charge in [0.25, 0.3) is 11.3 Å². The number of ether oxygens (including phenoxy) is 1. The molecule has 8 nitrogen and oxygen atoms in total. The van der Waals surface area contributed by atoms with Crippen molar-refractivity contribution in [3.8, 4) is 11.5 Å².